The summed E-state index contributed by atoms with van der Waals surface area (Å²) in [4.78, 5) is 19.8. The van der Waals surface area contributed by atoms with Crippen LogP contribution in [0.5, 0.6) is 5.75 Å². The lowest BCUT2D eigenvalue weighted by Crippen LogP contribution is -2.41. The Hall–Kier alpha value is -3.87. The standard InChI is InChI=1S/C29H33N5O2/c1-21-19-28(34-27(31-21)20-26(32-34)23-10-12-25(36-2)13-11-23)33-17-14-24(15-18-33)29(35)30-16-6-9-22-7-4-3-5-8-22/h3-5,7-8,10-13,19-20,24H,6,9,14-18H2,1-2H3,(H,30,35). The number of aryl methyl sites for hydroxylation is 2. The van der Waals surface area contributed by atoms with Crippen LogP contribution in [0.3, 0.4) is 0 Å². The molecule has 36 heavy (non-hydrogen) atoms. The monoisotopic (exact) mass is 483 g/mol. The van der Waals surface area contributed by atoms with Crippen molar-refractivity contribution >= 4 is 17.4 Å². The van der Waals surface area contributed by atoms with E-state index in [1.54, 1.807) is 7.11 Å². The van der Waals surface area contributed by atoms with Crippen molar-refractivity contribution in [1.82, 2.24) is 19.9 Å². The van der Waals surface area contributed by atoms with Crippen molar-refractivity contribution in [3.05, 3.63) is 78.0 Å². The van der Waals surface area contributed by atoms with E-state index >= 15 is 0 Å². The van der Waals surface area contributed by atoms with Crippen LogP contribution in [-0.4, -0.2) is 47.2 Å². The van der Waals surface area contributed by atoms with Crippen molar-refractivity contribution in [2.24, 2.45) is 5.92 Å². The average Bonchev–Trinajstić information content (AvgIpc) is 3.35. The third kappa shape index (κ3) is 5.35. The molecule has 0 bridgehead atoms. The van der Waals surface area contributed by atoms with Gasteiger partial charge in [-0.1, -0.05) is 30.3 Å². The van der Waals surface area contributed by atoms with E-state index in [1.807, 2.05) is 47.8 Å². The number of amides is 1. The molecule has 0 unspecified atom stereocenters. The molecule has 186 valence electrons. The number of carbonyl (C=O) groups excluding carboxylic acids is 1. The zero-order valence-electron chi connectivity index (χ0n) is 21.0. The quantitative estimate of drug-likeness (QED) is 0.369. The van der Waals surface area contributed by atoms with Gasteiger partial charge in [-0.3, -0.25) is 4.79 Å². The van der Waals surface area contributed by atoms with Crippen molar-refractivity contribution in [2.45, 2.75) is 32.6 Å². The van der Waals surface area contributed by atoms with Gasteiger partial charge in [0.25, 0.3) is 0 Å². The van der Waals surface area contributed by atoms with E-state index in [4.69, 9.17) is 14.8 Å². The first-order chi connectivity index (χ1) is 17.6. The molecule has 0 radical (unpaired) electrons. The SMILES string of the molecule is COc1ccc(-c2cc3nc(C)cc(N4CCC(C(=O)NCCCc5ccccc5)CC4)n3n2)cc1. The number of fused-ring (bicyclic) bond motifs is 1. The Morgan fingerprint density at radius 2 is 1.81 bits per heavy atom. The minimum atomic E-state index is 0.0591. The van der Waals surface area contributed by atoms with Crippen molar-refractivity contribution in [3.8, 4) is 17.0 Å². The Labute approximate surface area is 212 Å². The highest BCUT2D eigenvalue weighted by atomic mass is 16.5. The van der Waals surface area contributed by atoms with Crippen molar-refractivity contribution in [2.75, 3.05) is 31.6 Å². The Kier molecular flexibility index (Phi) is 7.16. The van der Waals surface area contributed by atoms with Gasteiger partial charge in [-0.25, -0.2) is 4.98 Å². The smallest absolute Gasteiger partial charge is 0.223 e. The van der Waals surface area contributed by atoms with Crippen LogP contribution < -0.4 is 15.0 Å². The van der Waals surface area contributed by atoms with Gasteiger partial charge in [-0.05, 0) is 62.4 Å². The van der Waals surface area contributed by atoms with E-state index in [-0.39, 0.29) is 11.8 Å². The van der Waals surface area contributed by atoms with E-state index in [0.717, 1.165) is 79.5 Å². The lowest BCUT2D eigenvalue weighted by molar-refractivity contribution is -0.125. The minimum absolute atomic E-state index is 0.0591. The molecule has 1 fully saturated rings. The molecule has 2 aromatic heterocycles. The molecule has 4 aromatic rings. The van der Waals surface area contributed by atoms with Crippen LogP contribution in [0.4, 0.5) is 5.82 Å². The van der Waals surface area contributed by atoms with Gasteiger partial charge in [-0.15, -0.1) is 0 Å². The van der Waals surface area contributed by atoms with E-state index < -0.39 is 0 Å². The van der Waals surface area contributed by atoms with Gasteiger partial charge in [0.1, 0.15) is 11.6 Å². The van der Waals surface area contributed by atoms with Crippen LogP contribution in [0.15, 0.2) is 66.7 Å². The highest BCUT2D eigenvalue weighted by Crippen LogP contribution is 2.28. The zero-order chi connectivity index (χ0) is 24.9. The first-order valence-electron chi connectivity index (χ1n) is 12.7. The molecule has 1 amide bonds. The Bertz CT molecular complexity index is 1310. The molecule has 7 heteroatoms. The molecule has 5 rings (SSSR count). The predicted molar refractivity (Wildman–Crippen MR) is 142 cm³/mol. The Morgan fingerprint density at radius 1 is 1.06 bits per heavy atom. The molecule has 2 aromatic carbocycles. The molecule has 3 heterocycles. The first kappa shape index (κ1) is 23.9. The fourth-order valence-electron chi connectivity index (χ4n) is 4.87. The van der Waals surface area contributed by atoms with Gasteiger partial charge < -0.3 is 15.0 Å². The average molecular weight is 484 g/mol. The summed E-state index contributed by atoms with van der Waals surface area (Å²) >= 11 is 0. The summed E-state index contributed by atoms with van der Waals surface area (Å²) in [6, 6.07) is 22.4. The number of nitrogens with one attached hydrogen (secondary N) is 1. The number of hydrogen-bond donors (Lipinski definition) is 1. The molecule has 1 N–H and O–H groups in total. The lowest BCUT2D eigenvalue weighted by atomic mass is 9.96. The number of benzene rings is 2. The van der Waals surface area contributed by atoms with Gasteiger partial charge in [0.05, 0.1) is 12.8 Å². The van der Waals surface area contributed by atoms with Crippen LogP contribution >= 0.6 is 0 Å². The summed E-state index contributed by atoms with van der Waals surface area (Å²) in [5, 5.41) is 8.03. The molecule has 0 aliphatic carbocycles. The van der Waals surface area contributed by atoms with E-state index in [9.17, 15) is 4.79 Å². The van der Waals surface area contributed by atoms with Crippen LogP contribution in [-0.2, 0) is 11.2 Å². The van der Waals surface area contributed by atoms with Crippen molar-refractivity contribution in [1.29, 1.82) is 0 Å². The normalized spacial score (nSPS) is 14.2. The summed E-state index contributed by atoms with van der Waals surface area (Å²) in [6.45, 7) is 4.37. The molecule has 1 saturated heterocycles. The van der Waals surface area contributed by atoms with Crippen LogP contribution in [0.2, 0.25) is 0 Å². The Balaban J connectivity index is 1.21. The highest BCUT2D eigenvalue weighted by molar-refractivity contribution is 5.79. The topological polar surface area (TPSA) is 71.8 Å². The summed E-state index contributed by atoms with van der Waals surface area (Å²) in [5.41, 5.74) is 4.99. The summed E-state index contributed by atoms with van der Waals surface area (Å²) in [6.07, 6.45) is 3.61. The lowest BCUT2D eigenvalue weighted by Gasteiger charge is -2.33. The van der Waals surface area contributed by atoms with Gasteiger partial charge in [0, 0.05) is 48.9 Å². The van der Waals surface area contributed by atoms with Crippen molar-refractivity contribution < 1.29 is 9.53 Å². The number of hydrogen-bond acceptors (Lipinski definition) is 5. The number of methoxy groups -OCH3 is 1. The summed E-state index contributed by atoms with van der Waals surface area (Å²) < 4.78 is 7.20. The molecular weight excluding hydrogens is 450 g/mol. The molecule has 0 saturated carbocycles. The molecule has 0 spiro atoms. The maximum absolute atomic E-state index is 12.8. The fourth-order valence-corrected chi connectivity index (χ4v) is 4.87. The molecule has 7 nitrogen and oxygen atoms in total. The minimum Gasteiger partial charge on any atom is -0.497 e. The summed E-state index contributed by atoms with van der Waals surface area (Å²) in [5.74, 6) is 2.09. The first-order valence-corrected chi connectivity index (χ1v) is 12.7. The van der Waals surface area contributed by atoms with Crippen LogP contribution in [0, 0.1) is 12.8 Å². The molecule has 0 atom stereocenters. The second kappa shape index (κ2) is 10.8. The summed E-state index contributed by atoms with van der Waals surface area (Å²) in [7, 11) is 1.66. The second-order valence-electron chi connectivity index (χ2n) is 9.43. The molecule has 1 aliphatic heterocycles. The molecule has 1 aliphatic rings. The van der Waals surface area contributed by atoms with Crippen molar-refractivity contribution in [3.63, 3.8) is 0 Å². The third-order valence-corrected chi connectivity index (χ3v) is 6.90. The molecular formula is C29H33N5O2. The zero-order valence-corrected chi connectivity index (χ0v) is 21.0. The van der Waals surface area contributed by atoms with E-state index in [1.165, 1.54) is 5.56 Å². The van der Waals surface area contributed by atoms with Gasteiger partial charge in [0.2, 0.25) is 5.91 Å². The third-order valence-electron chi connectivity index (χ3n) is 6.90. The van der Waals surface area contributed by atoms with E-state index in [0.29, 0.717) is 0 Å². The Morgan fingerprint density at radius 3 is 2.53 bits per heavy atom. The number of anilines is 1. The maximum atomic E-state index is 12.8. The van der Waals surface area contributed by atoms with Gasteiger partial charge in [-0.2, -0.15) is 9.61 Å². The largest absolute Gasteiger partial charge is 0.497 e. The van der Waals surface area contributed by atoms with Gasteiger partial charge >= 0.3 is 0 Å². The number of aromatic nitrogens is 3. The number of piperidine rings is 1. The number of ether oxygens (including phenoxy) is 1. The fraction of sp³-hybridized carbons (Fsp3) is 0.345. The second-order valence-corrected chi connectivity index (χ2v) is 9.43. The van der Waals surface area contributed by atoms with Gasteiger partial charge in [0.15, 0.2) is 5.65 Å². The number of nitrogens with zero attached hydrogens (tertiary/aromatic N) is 4. The van der Waals surface area contributed by atoms with E-state index in [2.05, 4.69) is 40.5 Å². The maximum Gasteiger partial charge on any atom is 0.223 e. The van der Waals surface area contributed by atoms with Crippen LogP contribution in [0.25, 0.3) is 16.9 Å². The predicted octanol–water partition coefficient (Wildman–Crippen LogP) is 4.68. The number of rotatable bonds is 8. The highest BCUT2D eigenvalue weighted by Gasteiger charge is 2.26. The van der Waals surface area contributed by atoms with Crippen LogP contribution in [0.1, 0.15) is 30.5 Å². The number of carbonyl (C=O) groups is 1.